The number of aromatic amines is 1. The SMILES string of the molecule is COc1c(O)ccc(CC(Cc2cc[nH]c2)C(O)CC(=O)C(CC2=C[CH+]N=C2)Cc2ccc(O)c(OC3CCCC3)c2)c1Cc1cccc2ccccc12. The molecule has 1 aliphatic heterocycles. The van der Waals surface area contributed by atoms with Crippen LogP contribution in [-0.4, -0.2) is 51.6 Å². The summed E-state index contributed by atoms with van der Waals surface area (Å²) in [6.07, 6.45) is 13.3. The standard InChI is InChI=1S/C46H48N2O6/c1-53-46-40(26-34-9-6-8-33-7-2-5-12-39(33)34)35(14-16-42(46)50)25-37(23-32-18-20-48-29-32)44(52)27-43(51)36(22-31-17-19-47-28-31)21-30-13-15-41(49)45(24-30)54-38-10-3-4-11-38/h2,5-9,12-20,24,28-29,36-38,44,48,52H,3-4,10-11,21-23,25-27H2,1H3,(H-,49,50)/p+1. The van der Waals surface area contributed by atoms with E-state index >= 15 is 0 Å². The number of Topliss-reactive ketones (excluding diaryl/α,β-unsaturated/α-hetero) is 1. The number of nitrogens with one attached hydrogen (secondary N) is 1. The maximum Gasteiger partial charge on any atom is 0.176 e. The van der Waals surface area contributed by atoms with Gasteiger partial charge in [0.15, 0.2) is 29.2 Å². The van der Waals surface area contributed by atoms with Gasteiger partial charge in [0.25, 0.3) is 0 Å². The van der Waals surface area contributed by atoms with Crippen molar-refractivity contribution in [1.82, 2.24) is 4.98 Å². The number of ether oxygens (including phenoxy) is 2. The van der Waals surface area contributed by atoms with Gasteiger partial charge in [-0.1, -0.05) is 54.6 Å². The maximum atomic E-state index is 14.3. The van der Waals surface area contributed by atoms with Crippen molar-refractivity contribution in [2.75, 3.05) is 7.11 Å². The summed E-state index contributed by atoms with van der Waals surface area (Å²) in [6.45, 7) is 1.73. The van der Waals surface area contributed by atoms with E-state index in [1.807, 2.05) is 60.9 Å². The molecule has 0 saturated heterocycles. The molecule has 0 spiro atoms. The van der Waals surface area contributed by atoms with Gasteiger partial charge >= 0.3 is 0 Å². The van der Waals surface area contributed by atoms with Crippen molar-refractivity contribution >= 4 is 22.8 Å². The number of nitrogens with zero attached hydrogens (tertiary/aromatic N) is 1. The molecule has 2 aliphatic rings. The second kappa shape index (κ2) is 17.1. The lowest BCUT2D eigenvalue weighted by molar-refractivity contribution is -0.125. The highest BCUT2D eigenvalue weighted by atomic mass is 16.5. The Morgan fingerprint density at radius 1 is 0.907 bits per heavy atom. The predicted molar refractivity (Wildman–Crippen MR) is 212 cm³/mol. The molecular weight excluding hydrogens is 677 g/mol. The van der Waals surface area contributed by atoms with Crippen LogP contribution in [0.5, 0.6) is 23.0 Å². The first kappa shape index (κ1) is 36.9. The van der Waals surface area contributed by atoms with Crippen LogP contribution < -0.4 is 9.47 Å². The number of hydrogen-bond acceptors (Lipinski definition) is 7. The molecule has 7 rings (SSSR count). The van der Waals surface area contributed by atoms with Crippen LogP contribution in [0.4, 0.5) is 0 Å². The zero-order valence-corrected chi connectivity index (χ0v) is 30.8. The fourth-order valence-electron chi connectivity index (χ4n) is 8.14. The Hall–Kier alpha value is -5.47. The van der Waals surface area contributed by atoms with Crippen LogP contribution in [0.2, 0.25) is 0 Å². The Morgan fingerprint density at radius 2 is 1.72 bits per heavy atom. The molecule has 1 aliphatic carbocycles. The summed E-state index contributed by atoms with van der Waals surface area (Å²) >= 11 is 0. The Labute approximate surface area is 317 Å². The van der Waals surface area contributed by atoms with E-state index in [-0.39, 0.29) is 35.7 Å². The number of phenolic OH excluding ortho intramolecular Hbond substituents is 2. The third kappa shape index (κ3) is 8.83. The summed E-state index contributed by atoms with van der Waals surface area (Å²) in [4.78, 5) is 21.7. The monoisotopic (exact) mass is 725 g/mol. The first-order chi connectivity index (χ1) is 26.3. The fraction of sp³-hybridized carbons (Fsp3) is 0.326. The lowest BCUT2D eigenvalue weighted by atomic mass is 9.81. The number of aromatic hydroxyl groups is 2. The summed E-state index contributed by atoms with van der Waals surface area (Å²) in [7, 11) is 1.57. The van der Waals surface area contributed by atoms with Crippen molar-refractivity contribution in [3.8, 4) is 23.0 Å². The minimum atomic E-state index is -0.945. The van der Waals surface area contributed by atoms with E-state index in [4.69, 9.17) is 9.47 Å². The molecule has 278 valence electrons. The molecule has 0 amide bonds. The molecule has 8 heteroatoms. The fourth-order valence-corrected chi connectivity index (χ4v) is 8.14. The third-order valence-electron chi connectivity index (χ3n) is 11.0. The van der Waals surface area contributed by atoms with Crippen molar-refractivity contribution < 1.29 is 29.6 Å². The van der Waals surface area contributed by atoms with Gasteiger partial charge in [0, 0.05) is 43.1 Å². The van der Waals surface area contributed by atoms with Gasteiger partial charge in [-0.15, -0.1) is 4.99 Å². The average Bonchev–Trinajstić information content (AvgIpc) is 3.99. The number of fused-ring (bicyclic) bond motifs is 1. The number of ketones is 1. The van der Waals surface area contributed by atoms with Gasteiger partial charge in [0.05, 0.1) is 25.4 Å². The maximum absolute atomic E-state index is 14.3. The number of allylic oxidation sites excluding steroid dienone is 1. The molecule has 1 aromatic heterocycles. The van der Waals surface area contributed by atoms with Gasteiger partial charge in [-0.2, -0.15) is 0 Å². The van der Waals surface area contributed by atoms with Crippen molar-refractivity contribution in [2.45, 2.75) is 76.4 Å². The van der Waals surface area contributed by atoms with E-state index in [0.717, 1.165) is 69.8 Å². The number of hydrogen-bond donors (Lipinski definition) is 4. The minimum absolute atomic E-state index is 0.0225. The number of H-pyrrole nitrogens is 1. The number of benzene rings is 4. The summed E-state index contributed by atoms with van der Waals surface area (Å²) in [5.74, 6) is 0.264. The van der Waals surface area contributed by atoms with Crippen LogP contribution in [0.1, 0.15) is 66.3 Å². The molecule has 2 heterocycles. The highest BCUT2D eigenvalue weighted by Gasteiger charge is 2.31. The molecule has 1 saturated carbocycles. The normalized spacial score (nSPS) is 15.9. The van der Waals surface area contributed by atoms with Crippen LogP contribution in [0.3, 0.4) is 0 Å². The van der Waals surface area contributed by atoms with E-state index in [0.29, 0.717) is 43.6 Å². The van der Waals surface area contributed by atoms with Crippen LogP contribution in [0.15, 0.2) is 108 Å². The molecule has 1 fully saturated rings. The van der Waals surface area contributed by atoms with Gasteiger partial charge in [0.1, 0.15) is 17.9 Å². The van der Waals surface area contributed by atoms with E-state index in [1.54, 1.807) is 32.0 Å². The highest BCUT2D eigenvalue weighted by molar-refractivity contribution is 5.87. The smallest absolute Gasteiger partial charge is 0.176 e. The Morgan fingerprint density at radius 3 is 2.50 bits per heavy atom. The number of phenols is 2. The minimum Gasteiger partial charge on any atom is -0.504 e. The molecule has 3 unspecified atom stereocenters. The molecular formula is C46H49N2O6+. The van der Waals surface area contributed by atoms with Gasteiger partial charge in [-0.3, -0.25) is 4.79 Å². The number of aliphatic hydroxyl groups is 1. The van der Waals surface area contributed by atoms with E-state index in [1.165, 1.54) is 0 Å². The van der Waals surface area contributed by atoms with Crippen molar-refractivity contribution in [3.05, 3.63) is 137 Å². The second-order valence-corrected chi connectivity index (χ2v) is 14.8. The molecule has 4 aromatic carbocycles. The van der Waals surface area contributed by atoms with E-state index < -0.39 is 12.0 Å². The lowest BCUT2D eigenvalue weighted by Gasteiger charge is -2.26. The highest BCUT2D eigenvalue weighted by Crippen LogP contribution is 2.38. The zero-order chi connectivity index (χ0) is 37.4. The average molecular weight is 726 g/mol. The number of rotatable bonds is 17. The van der Waals surface area contributed by atoms with Gasteiger partial charge in [-0.05, 0) is 108 Å². The van der Waals surface area contributed by atoms with Crippen molar-refractivity contribution in [3.63, 3.8) is 0 Å². The molecule has 5 aromatic rings. The zero-order valence-electron chi connectivity index (χ0n) is 30.8. The van der Waals surface area contributed by atoms with Crippen LogP contribution in [0.25, 0.3) is 10.8 Å². The molecule has 0 bridgehead atoms. The number of carbonyl (C=O) groups is 1. The number of aromatic nitrogens is 1. The van der Waals surface area contributed by atoms with Gasteiger partial charge in [-0.25, -0.2) is 0 Å². The second-order valence-electron chi connectivity index (χ2n) is 14.8. The Kier molecular flexibility index (Phi) is 11.7. The van der Waals surface area contributed by atoms with Crippen molar-refractivity contribution in [2.24, 2.45) is 16.8 Å². The molecule has 4 N–H and O–H groups in total. The molecule has 54 heavy (non-hydrogen) atoms. The summed E-state index contributed by atoms with van der Waals surface area (Å²) < 4.78 is 12.0. The molecule has 8 nitrogen and oxygen atoms in total. The van der Waals surface area contributed by atoms with Gasteiger partial charge in [0.2, 0.25) is 0 Å². The first-order valence-corrected chi connectivity index (χ1v) is 19.1. The predicted octanol–water partition coefficient (Wildman–Crippen LogP) is 8.64. The molecule has 3 atom stereocenters. The summed E-state index contributed by atoms with van der Waals surface area (Å²) in [5, 5.41) is 35.8. The largest absolute Gasteiger partial charge is 0.504 e. The summed E-state index contributed by atoms with van der Waals surface area (Å²) in [5.41, 5.74) is 5.80. The first-order valence-electron chi connectivity index (χ1n) is 19.1. The van der Waals surface area contributed by atoms with Gasteiger partial charge < -0.3 is 29.8 Å². The van der Waals surface area contributed by atoms with E-state index in [9.17, 15) is 20.1 Å². The number of aliphatic imine (C=N–C) groups is 1. The van der Waals surface area contributed by atoms with Crippen molar-refractivity contribution in [1.29, 1.82) is 0 Å². The summed E-state index contributed by atoms with van der Waals surface area (Å²) in [6, 6.07) is 25.4. The van der Waals surface area contributed by atoms with Crippen LogP contribution >= 0.6 is 0 Å². The third-order valence-corrected chi connectivity index (χ3v) is 11.0. The van der Waals surface area contributed by atoms with E-state index in [2.05, 4.69) is 34.2 Å². The topological polar surface area (TPSA) is 124 Å². The Balaban J connectivity index is 1.15. The quantitative estimate of drug-likeness (QED) is 0.0712. The van der Waals surface area contributed by atoms with Crippen LogP contribution in [0, 0.1) is 18.4 Å². The number of carbonyl (C=O) groups excluding carboxylic acids is 1. The Bertz CT molecular complexity index is 2110. The molecule has 0 radical (unpaired) electrons. The number of aliphatic hydroxyl groups excluding tert-OH is 1. The lowest BCUT2D eigenvalue weighted by Crippen LogP contribution is -2.31. The van der Waals surface area contributed by atoms with Crippen LogP contribution in [-0.2, 0) is 30.5 Å². The number of methoxy groups -OCH3 is 1.